The summed E-state index contributed by atoms with van der Waals surface area (Å²) >= 11 is 1.66. The van der Waals surface area contributed by atoms with Crippen molar-refractivity contribution in [1.29, 1.82) is 0 Å². The molecule has 90 valence electrons. The normalized spacial score (nSPS) is 12.8. The molecule has 3 heteroatoms. The van der Waals surface area contributed by atoms with Crippen LogP contribution in [-0.2, 0) is 0 Å². The third-order valence-corrected chi connectivity index (χ3v) is 4.06. The van der Waals surface area contributed by atoms with E-state index in [0.29, 0.717) is 0 Å². The molecule has 2 aromatic carbocycles. The topological polar surface area (TPSA) is 38.9 Å². The molecule has 3 rings (SSSR count). The van der Waals surface area contributed by atoms with Crippen LogP contribution in [0.1, 0.15) is 21.5 Å². The molecule has 3 aromatic rings. The first-order valence-corrected chi connectivity index (χ1v) is 6.73. The molecule has 0 saturated heterocycles. The van der Waals surface area contributed by atoms with Crippen LogP contribution in [-0.4, -0.2) is 4.98 Å². The van der Waals surface area contributed by atoms with Crippen LogP contribution in [0.4, 0.5) is 0 Å². The fourth-order valence-electron chi connectivity index (χ4n) is 2.17. The molecule has 2 N–H and O–H groups in total. The summed E-state index contributed by atoms with van der Waals surface area (Å²) in [5.74, 6) is 0. The summed E-state index contributed by atoms with van der Waals surface area (Å²) in [7, 11) is 0. The molecule has 1 aromatic heterocycles. The van der Waals surface area contributed by atoms with E-state index < -0.39 is 0 Å². The lowest BCUT2D eigenvalue weighted by molar-refractivity contribution is 0.866. The maximum absolute atomic E-state index is 6.34. The SMILES string of the molecule is Cc1cnc(C(N)c2cccc3ccccc23)s1. The van der Waals surface area contributed by atoms with Crippen molar-refractivity contribution in [2.45, 2.75) is 13.0 Å². The van der Waals surface area contributed by atoms with E-state index in [1.807, 2.05) is 18.3 Å². The number of rotatable bonds is 2. The zero-order valence-corrected chi connectivity index (χ0v) is 10.9. The summed E-state index contributed by atoms with van der Waals surface area (Å²) < 4.78 is 0. The zero-order chi connectivity index (χ0) is 12.5. The molecule has 0 aliphatic rings. The van der Waals surface area contributed by atoms with Gasteiger partial charge in [0.25, 0.3) is 0 Å². The molecule has 0 aliphatic heterocycles. The second-order valence-electron chi connectivity index (χ2n) is 4.36. The van der Waals surface area contributed by atoms with Crippen molar-refractivity contribution in [3.63, 3.8) is 0 Å². The van der Waals surface area contributed by atoms with Gasteiger partial charge in [0, 0.05) is 11.1 Å². The molecule has 0 aliphatic carbocycles. The Labute approximate surface area is 110 Å². The Bertz CT molecular complexity index is 682. The van der Waals surface area contributed by atoms with Gasteiger partial charge in [-0.2, -0.15) is 0 Å². The van der Waals surface area contributed by atoms with Crippen LogP contribution in [0.15, 0.2) is 48.7 Å². The molecule has 1 unspecified atom stereocenters. The fourth-order valence-corrected chi connectivity index (χ4v) is 2.97. The van der Waals surface area contributed by atoms with Crippen molar-refractivity contribution in [1.82, 2.24) is 4.98 Å². The molecule has 18 heavy (non-hydrogen) atoms. The average Bonchev–Trinajstić information content (AvgIpc) is 2.84. The van der Waals surface area contributed by atoms with E-state index in [4.69, 9.17) is 5.73 Å². The molecular formula is C15H14N2S. The third kappa shape index (κ3) is 1.92. The number of aromatic nitrogens is 1. The summed E-state index contributed by atoms with van der Waals surface area (Å²) in [6, 6.07) is 14.4. The first-order chi connectivity index (χ1) is 8.75. The molecule has 1 heterocycles. The van der Waals surface area contributed by atoms with Crippen molar-refractivity contribution in [2.24, 2.45) is 5.73 Å². The highest BCUT2D eigenvalue weighted by atomic mass is 32.1. The van der Waals surface area contributed by atoms with Crippen LogP contribution >= 0.6 is 11.3 Å². The summed E-state index contributed by atoms with van der Waals surface area (Å²) in [4.78, 5) is 5.59. The van der Waals surface area contributed by atoms with Gasteiger partial charge in [0.1, 0.15) is 5.01 Å². The predicted octanol–water partition coefficient (Wildman–Crippen LogP) is 3.65. The lowest BCUT2D eigenvalue weighted by atomic mass is 10.00. The Hall–Kier alpha value is -1.71. The molecule has 1 atom stereocenters. The van der Waals surface area contributed by atoms with Gasteiger partial charge < -0.3 is 5.73 Å². The van der Waals surface area contributed by atoms with Crippen LogP contribution in [0.5, 0.6) is 0 Å². The Morgan fingerprint density at radius 3 is 2.67 bits per heavy atom. The average molecular weight is 254 g/mol. The Morgan fingerprint density at radius 1 is 1.11 bits per heavy atom. The van der Waals surface area contributed by atoms with Gasteiger partial charge in [0.2, 0.25) is 0 Å². The second-order valence-corrected chi connectivity index (χ2v) is 5.62. The monoisotopic (exact) mass is 254 g/mol. The number of nitrogens with zero attached hydrogens (tertiary/aromatic N) is 1. The summed E-state index contributed by atoms with van der Waals surface area (Å²) in [5.41, 5.74) is 7.48. The highest BCUT2D eigenvalue weighted by Crippen LogP contribution is 2.29. The predicted molar refractivity (Wildman–Crippen MR) is 76.8 cm³/mol. The van der Waals surface area contributed by atoms with Gasteiger partial charge in [-0.25, -0.2) is 4.98 Å². The molecule has 0 spiro atoms. The Balaban J connectivity index is 2.14. The number of benzene rings is 2. The van der Waals surface area contributed by atoms with E-state index in [-0.39, 0.29) is 6.04 Å². The standard InChI is InChI=1S/C15H14N2S/c1-10-9-17-15(18-10)14(16)13-8-4-6-11-5-2-3-7-12(11)13/h2-9,14H,16H2,1H3. The van der Waals surface area contributed by atoms with Crippen molar-refractivity contribution in [3.8, 4) is 0 Å². The Morgan fingerprint density at radius 2 is 1.89 bits per heavy atom. The van der Waals surface area contributed by atoms with Crippen molar-refractivity contribution < 1.29 is 0 Å². The Kier molecular flexibility index (Phi) is 2.86. The van der Waals surface area contributed by atoms with E-state index in [1.165, 1.54) is 15.6 Å². The number of hydrogen-bond acceptors (Lipinski definition) is 3. The van der Waals surface area contributed by atoms with Crippen molar-refractivity contribution in [2.75, 3.05) is 0 Å². The molecule has 0 bridgehead atoms. The number of thiazole rings is 1. The van der Waals surface area contributed by atoms with Gasteiger partial charge in [0.05, 0.1) is 6.04 Å². The number of aryl methyl sites for hydroxylation is 1. The first kappa shape index (κ1) is 11.4. The number of nitrogens with two attached hydrogens (primary N) is 1. The second kappa shape index (κ2) is 4.52. The maximum Gasteiger partial charge on any atom is 0.114 e. The van der Waals surface area contributed by atoms with Crippen molar-refractivity contribution >= 4 is 22.1 Å². The zero-order valence-electron chi connectivity index (χ0n) is 10.1. The van der Waals surface area contributed by atoms with Crippen LogP contribution in [0, 0.1) is 6.92 Å². The quantitative estimate of drug-likeness (QED) is 0.758. The van der Waals surface area contributed by atoms with E-state index in [0.717, 1.165) is 10.6 Å². The summed E-state index contributed by atoms with van der Waals surface area (Å²) in [6.07, 6.45) is 1.88. The molecule has 2 nitrogen and oxygen atoms in total. The first-order valence-electron chi connectivity index (χ1n) is 5.91. The van der Waals surface area contributed by atoms with Gasteiger partial charge in [0.15, 0.2) is 0 Å². The minimum Gasteiger partial charge on any atom is -0.318 e. The molecule has 0 saturated carbocycles. The van der Waals surface area contributed by atoms with Gasteiger partial charge in [-0.05, 0) is 23.3 Å². The van der Waals surface area contributed by atoms with Gasteiger partial charge >= 0.3 is 0 Å². The van der Waals surface area contributed by atoms with Gasteiger partial charge in [-0.15, -0.1) is 11.3 Å². The summed E-state index contributed by atoms with van der Waals surface area (Å²) in [5, 5.41) is 3.41. The molecule has 0 fully saturated rings. The smallest absolute Gasteiger partial charge is 0.114 e. The number of hydrogen-bond donors (Lipinski definition) is 1. The van der Waals surface area contributed by atoms with E-state index in [9.17, 15) is 0 Å². The van der Waals surface area contributed by atoms with Crippen LogP contribution in [0.25, 0.3) is 10.8 Å². The largest absolute Gasteiger partial charge is 0.318 e. The highest BCUT2D eigenvalue weighted by molar-refractivity contribution is 7.11. The van der Waals surface area contributed by atoms with Crippen LogP contribution in [0.3, 0.4) is 0 Å². The van der Waals surface area contributed by atoms with E-state index >= 15 is 0 Å². The van der Waals surface area contributed by atoms with E-state index in [2.05, 4.69) is 42.2 Å². The highest BCUT2D eigenvalue weighted by Gasteiger charge is 2.14. The maximum atomic E-state index is 6.34. The fraction of sp³-hybridized carbons (Fsp3) is 0.133. The lowest BCUT2D eigenvalue weighted by Crippen LogP contribution is -2.11. The van der Waals surface area contributed by atoms with Crippen molar-refractivity contribution in [3.05, 3.63) is 64.1 Å². The summed E-state index contributed by atoms with van der Waals surface area (Å²) in [6.45, 7) is 2.05. The third-order valence-electron chi connectivity index (χ3n) is 3.06. The molecule has 0 radical (unpaired) electrons. The van der Waals surface area contributed by atoms with E-state index in [1.54, 1.807) is 11.3 Å². The number of fused-ring (bicyclic) bond motifs is 1. The van der Waals surface area contributed by atoms with Gasteiger partial charge in [-0.1, -0.05) is 42.5 Å². The molecular weight excluding hydrogens is 240 g/mol. The lowest BCUT2D eigenvalue weighted by Gasteiger charge is -2.12. The minimum atomic E-state index is -0.144. The van der Waals surface area contributed by atoms with Gasteiger partial charge in [-0.3, -0.25) is 0 Å². The molecule has 0 amide bonds. The minimum absolute atomic E-state index is 0.144. The van der Waals surface area contributed by atoms with Crippen LogP contribution in [0.2, 0.25) is 0 Å². The van der Waals surface area contributed by atoms with Crippen LogP contribution < -0.4 is 5.73 Å².